The number of piperidine rings is 1. The van der Waals surface area contributed by atoms with Crippen molar-refractivity contribution in [2.24, 2.45) is 0 Å². The topological polar surface area (TPSA) is 70.4 Å². The van der Waals surface area contributed by atoms with Crippen molar-refractivity contribution in [2.75, 3.05) is 32.1 Å². The number of likely N-dealkylation sites (tertiary alicyclic amines) is 1. The van der Waals surface area contributed by atoms with Gasteiger partial charge in [-0.25, -0.2) is 0 Å². The molecule has 1 aromatic heterocycles. The second-order valence-electron chi connectivity index (χ2n) is 9.50. The number of rotatable bonds is 8. The van der Waals surface area contributed by atoms with Gasteiger partial charge in [0.2, 0.25) is 0 Å². The molecule has 1 saturated heterocycles. The molecule has 0 amide bonds. The molecule has 0 bridgehead atoms. The summed E-state index contributed by atoms with van der Waals surface area (Å²) in [4.78, 5) is 6.90. The summed E-state index contributed by atoms with van der Waals surface area (Å²) in [6.07, 6.45) is 3.35. The number of methoxy groups -OCH3 is 1. The summed E-state index contributed by atoms with van der Waals surface area (Å²) in [5.74, 6) is 1.21. The van der Waals surface area contributed by atoms with Crippen molar-refractivity contribution in [3.63, 3.8) is 0 Å². The summed E-state index contributed by atoms with van der Waals surface area (Å²) in [5, 5.41) is 14.7. The van der Waals surface area contributed by atoms with Crippen LogP contribution < -0.4 is 14.8 Å². The Bertz CT molecular complexity index is 1540. The van der Waals surface area contributed by atoms with Gasteiger partial charge in [0, 0.05) is 43.0 Å². The van der Waals surface area contributed by atoms with Gasteiger partial charge in [0.05, 0.1) is 33.9 Å². The minimum atomic E-state index is 0.0381. The van der Waals surface area contributed by atoms with E-state index in [4.69, 9.17) is 32.7 Å². The van der Waals surface area contributed by atoms with Crippen molar-refractivity contribution >= 4 is 51.1 Å². The van der Waals surface area contributed by atoms with Crippen LogP contribution in [-0.2, 0) is 0 Å². The van der Waals surface area contributed by atoms with Crippen molar-refractivity contribution in [3.05, 3.63) is 94.6 Å². The highest BCUT2D eigenvalue weighted by Crippen LogP contribution is 2.39. The molecule has 0 atom stereocenters. The number of aromatic nitrogens is 1. The van der Waals surface area contributed by atoms with Crippen molar-refractivity contribution in [3.8, 4) is 17.6 Å². The SMILES string of the molecule is C=C(CN1CCC(Oc2cc3c(Nc4ccc(Cl)c(Cl)c4)c(C#N)cnc3cc2OC)CC1)c1ccccc1. The van der Waals surface area contributed by atoms with Gasteiger partial charge in [-0.15, -0.1) is 0 Å². The summed E-state index contributed by atoms with van der Waals surface area (Å²) < 4.78 is 12.1. The Morgan fingerprint density at radius 3 is 2.54 bits per heavy atom. The number of anilines is 2. The van der Waals surface area contributed by atoms with Gasteiger partial charge in [0.1, 0.15) is 12.2 Å². The zero-order valence-corrected chi connectivity index (χ0v) is 23.1. The third kappa shape index (κ3) is 6.12. The molecule has 39 heavy (non-hydrogen) atoms. The van der Waals surface area contributed by atoms with Crippen molar-refractivity contribution < 1.29 is 9.47 Å². The van der Waals surface area contributed by atoms with Gasteiger partial charge in [0.15, 0.2) is 11.5 Å². The second-order valence-corrected chi connectivity index (χ2v) is 10.3. The molecular weight excluding hydrogens is 531 g/mol. The molecule has 0 spiro atoms. The molecule has 1 aliphatic rings. The Kier molecular flexibility index (Phi) is 8.23. The molecule has 3 aromatic carbocycles. The number of ether oxygens (including phenoxy) is 2. The molecule has 2 heterocycles. The van der Waals surface area contributed by atoms with Gasteiger partial charge >= 0.3 is 0 Å². The highest BCUT2D eigenvalue weighted by atomic mass is 35.5. The lowest BCUT2D eigenvalue weighted by atomic mass is 10.0. The van der Waals surface area contributed by atoms with Crippen LogP contribution in [-0.4, -0.2) is 42.7 Å². The lowest BCUT2D eigenvalue weighted by Gasteiger charge is -2.33. The van der Waals surface area contributed by atoms with Crippen LogP contribution in [0.25, 0.3) is 16.5 Å². The second kappa shape index (κ2) is 12.0. The monoisotopic (exact) mass is 558 g/mol. The summed E-state index contributed by atoms with van der Waals surface area (Å²) in [5.41, 5.74) is 4.69. The quantitative estimate of drug-likeness (QED) is 0.238. The normalized spacial score (nSPS) is 14.1. The van der Waals surface area contributed by atoms with Crippen molar-refractivity contribution in [1.29, 1.82) is 5.26 Å². The average Bonchev–Trinajstić information content (AvgIpc) is 2.96. The lowest BCUT2D eigenvalue weighted by Crippen LogP contribution is -2.39. The van der Waals surface area contributed by atoms with Gasteiger partial charge in [0.25, 0.3) is 0 Å². The number of halogens is 2. The van der Waals surface area contributed by atoms with E-state index in [2.05, 4.69) is 40.0 Å². The third-order valence-corrected chi connectivity index (χ3v) is 7.63. The maximum absolute atomic E-state index is 9.80. The highest BCUT2D eigenvalue weighted by molar-refractivity contribution is 6.42. The number of hydrogen-bond donors (Lipinski definition) is 1. The predicted molar refractivity (Wildman–Crippen MR) is 158 cm³/mol. The van der Waals surface area contributed by atoms with E-state index < -0.39 is 0 Å². The highest BCUT2D eigenvalue weighted by Gasteiger charge is 2.23. The molecular formula is C31H28Cl2N4O2. The fraction of sp³-hybridized carbons (Fsp3) is 0.226. The molecule has 4 aromatic rings. The zero-order valence-electron chi connectivity index (χ0n) is 21.6. The van der Waals surface area contributed by atoms with E-state index in [-0.39, 0.29) is 6.10 Å². The summed E-state index contributed by atoms with van der Waals surface area (Å²) >= 11 is 12.3. The molecule has 1 N–H and O–H groups in total. The molecule has 8 heteroatoms. The maximum atomic E-state index is 9.80. The van der Waals surface area contributed by atoms with E-state index >= 15 is 0 Å². The van der Waals surface area contributed by atoms with Crippen molar-refractivity contribution in [1.82, 2.24) is 9.88 Å². The standard InChI is InChI=1S/C31H28Cl2N4O2/c1-20(21-6-4-3-5-7-21)19-37-12-10-24(11-13-37)39-30-15-25-28(16-29(30)38-2)35-18-22(17-34)31(25)36-23-8-9-26(32)27(33)14-23/h3-9,14-16,18,24H,1,10-13,19H2,2H3,(H,35,36). The van der Waals surface area contributed by atoms with Gasteiger partial charge in [-0.2, -0.15) is 5.26 Å². The summed E-state index contributed by atoms with van der Waals surface area (Å²) in [7, 11) is 1.62. The molecule has 0 saturated carbocycles. The molecule has 198 valence electrons. The predicted octanol–water partition coefficient (Wildman–Crippen LogP) is 7.72. The fourth-order valence-corrected chi connectivity index (χ4v) is 5.09. The van der Waals surface area contributed by atoms with E-state index in [1.54, 1.807) is 25.4 Å². The number of nitriles is 1. The first-order valence-corrected chi connectivity index (χ1v) is 13.5. The van der Waals surface area contributed by atoms with E-state index in [9.17, 15) is 5.26 Å². The first-order chi connectivity index (χ1) is 18.9. The smallest absolute Gasteiger partial charge is 0.162 e. The number of nitrogens with one attached hydrogen (secondary N) is 1. The number of benzene rings is 3. The van der Waals surface area contributed by atoms with Gasteiger partial charge < -0.3 is 14.8 Å². The molecule has 0 radical (unpaired) electrons. The third-order valence-electron chi connectivity index (χ3n) is 6.89. The Labute approximate surface area is 238 Å². The number of fused-ring (bicyclic) bond motifs is 1. The van der Waals surface area contributed by atoms with Crippen LogP contribution >= 0.6 is 23.2 Å². The molecule has 1 fully saturated rings. The van der Waals surface area contributed by atoms with E-state index in [0.29, 0.717) is 44.0 Å². The zero-order chi connectivity index (χ0) is 27.4. The fourth-order valence-electron chi connectivity index (χ4n) is 4.79. The Morgan fingerprint density at radius 1 is 1.08 bits per heavy atom. The number of pyridine rings is 1. The van der Waals surface area contributed by atoms with Crippen LogP contribution in [0.4, 0.5) is 11.4 Å². The summed E-state index contributed by atoms with van der Waals surface area (Å²) in [6.45, 7) is 6.94. The maximum Gasteiger partial charge on any atom is 0.162 e. The molecule has 0 aliphatic carbocycles. The first-order valence-electron chi connectivity index (χ1n) is 12.7. The molecule has 5 rings (SSSR count). The van der Waals surface area contributed by atoms with Gasteiger partial charge in [-0.1, -0.05) is 60.1 Å². The molecule has 0 unspecified atom stereocenters. The minimum Gasteiger partial charge on any atom is -0.493 e. The Morgan fingerprint density at radius 2 is 1.85 bits per heavy atom. The van der Waals surface area contributed by atoms with Gasteiger partial charge in [-0.3, -0.25) is 9.88 Å². The number of hydrogen-bond acceptors (Lipinski definition) is 6. The molecule has 1 aliphatic heterocycles. The van der Waals surface area contributed by atoms with Crippen LogP contribution in [0.1, 0.15) is 24.0 Å². The van der Waals surface area contributed by atoms with Crippen LogP contribution in [0, 0.1) is 11.3 Å². The van der Waals surface area contributed by atoms with Crippen LogP contribution in [0.3, 0.4) is 0 Å². The minimum absolute atomic E-state index is 0.0381. The van der Waals surface area contributed by atoms with Gasteiger partial charge in [-0.05, 0) is 48.2 Å². The van der Waals surface area contributed by atoms with E-state index in [1.807, 2.05) is 36.4 Å². The van der Waals surface area contributed by atoms with Crippen LogP contribution in [0.15, 0.2) is 73.4 Å². The van der Waals surface area contributed by atoms with Crippen molar-refractivity contribution in [2.45, 2.75) is 18.9 Å². The Hall–Kier alpha value is -3.76. The largest absolute Gasteiger partial charge is 0.493 e. The number of nitrogens with zero attached hydrogens (tertiary/aromatic N) is 3. The molecule has 6 nitrogen and oxygen atoms in total. The van der Waals surface area contributed by atoms with Crippen LogP contribution in [0.5, 0.6) is 11.5 Å². The van der Waals surface area contributed by atoms with E-state index in [0.717, 1.165) is 43.4 Å². The Balaban J connectivity index is 1.35. The van der Waals surface area contributed by atoms with Crippen LogP contribution in [0.2, 0.25) is 10.0 Å². The summed E-state index contributed by atoms with van der Waals surface area (Å²) in [6, 6.07) is 21.5. The lowest BCUT2D eigenvalue weighted by molar-refractivity contribution is 0.105. The first kappa shape index (κ1) is 26.8. The average molecular weight is 559 g/mol. The van der Waals surface area contributed by atoms with E-state index in [1.165, 1.54) is 5.56 Å².